The van der Waals surface area contributed by atoms with Gasteiger partial charge in [0.05, 0.1) is 0 Å². The molecule has 0 fully saturated rings. The third kappa shape index (κ3) is 9.96. The Morgan fingerprint density at radius 2 is 0.655 bits per heavy atom. The maximum absolute atomic E-state index is 2.51. The van der Waals surface area contributed by atoms with E-state index >= 15 is 0 Å². The first kappa shape index (κ1) is 40.3. The summed E-state index contributed by atoms with van der Waals surface area (Å²) in [5.41, 5.74) is 14.7. The van der Waals surface area contributed by atoms with Crippen LogP contribution in [0.1, 0.15) is 99.3 Å². The van der Waals surface area contributed by atoms with Crippen molar-refractivity contribution in [2.75, 3.05) is 0 Å². The molecule has 1 aliphatic carbocycles. The molecule has 0 spiro atoms. The maximum atomic E-state index is 2.51. The first-order valence-electron chi connectivity index (χ1n) is 21.1. The van der Waals surface area contributed by atoms with E-state index in [1.165, 1.54) is 183 Å². The Bertz CT molecular complexity index is 1880. The van der Waals surface area contributed by atoms with Crippen LogP contribution in [0.2, 0.25) is 7.35 Å². The van der Waals surface area contributed by atoms with Crippen molar-refractivity contribution >= 4 is 48.7 Å². The topological polar surface area (TPSA) is 0 Å². The van der Waals surface area contributed by atoms with Gasteiger partial charge in [-0.2, -0.15) is 0 Å². The second-order valence-electron chi connectivity index (χ2n) is 15.9. The van der Waals surface area contributed by atoms with E-state index in [1.807, 2.05) is 0 Å². The fraction of sp³-hybridized carbons (Fsp3) is 0.321. The summed E-state index contributed by atoms with van der Waals surface area (Å²) in [6, 6.07) is 59.0. The Kier molecular flexibility index (Phi) is 15.0. The third-order valence-corrected chi connectivity index (χ3v) is 17.2. The van der Waals surface area contributed by atoms with Crippen LogP contribution in [0.4, 0.5) is 0 Å². The quantitative estimate of drug-likeness (QED) is 0.0670. The molecule has 2 unspecified atom stereocenters. The van der Waals surface area contributed by atoms with Crippen molar-refractivity contribution in [1.82, 2.24) is 0 Å². The fourth-order valence-corrected chi connectivity index (χ4v) is 15.9. The van der Waals surface area contributed by atoms with E-state index < -0.39 is 0 Å². The molecule has 2 heteroatoms. The Morgan fingerprint density at radius 1 is 0.327 bits per heavy atom. The van der Waals surface area contributed by atoms with Crippen molar-refractivity contribution in [1.29, 1.82) is 0 Å². The van der Waals surface area contributed by atoms with Crippen molar-refractivity contribution < 1.29 is 0 Å². The van der Waals surface area contributed by atoms with Crippen LogP contribution in [0, 0.1) is 0 Å². The molecule has 55 heavy (non-hydrogen) atoms. The number of unbranched alkanes of at least 4 members (excludes halogenated alkanes) is 8. The van der Waals surface area contributed by atoms with Crippen LogP contribution in [0.15, 0.2) is 158 Å². The van der Waals surface area contributed by atoms with E-state index in [2.05, 4.69) is 158 Å². The predicted octanol–water partition coefficient (Wildman–Crippen LogP) is 14.4. The zero-order chi connectivity index (χ0) is 37.7. The molecule has 0 amide bonds. The van der Waals surface area contributed by atoms with Crippen LogP contribution in [0.3, 0.4) is 0 Å². The molecule has 0 aromatic heterocycles. The van der Waals surface area contributed by atoms with Gasteiger partial charge in [0.25, 0.3) is 0 Å². The van der Waals surface area contributed by atoms with Crippen molar-refractivity contribution in [3.05, 3.63) is 180 Å². The van der Waals surface area contributed by atoms with Crippen molar-refractivity contribution in [3.63, 3.8) is 0 Å². The molecule has 6 aromatic carbocycles. The summed E-state index contributed by atoms with van der Waals surface area (Å²) in [6.45, 7) is 0. The average molecular weight is 923 g/mol. The summed E-state index contributed by atoms with van der Waals surface area (Å²) < 4.78 is 1.53. The van der Waals surface area contributed by atoms with E-state index in [1.54, 1.807) is 11.1 Å². The Labute approximate surface area is 361 Å². The Balaban J connectivity index is 0.886. The van der Waals surface area contributed by atoms with Crippen LogP contribution < -0.4 is 0 Å². The number of fused-ring (bicyclic) bond motifs is 3. The second kappa shape index (κ2) is 20.5. The van der Waals surface area contributed by atoms with E-state index in [-0.39, 0.29) is 5.41 Å². The molecule has 1 aliphatic rings. The first-order chi connectivity index (χ1) is 27.1. The summed E-state index contributed by atoms with van der Waals surface area (Å²) in [4.78, 5) is 0. The van der Waals surface area contributed by atoms with Gasteiger partial charge in [-0.3, -0.25) is 0 Å². The molecule has 7 rings (SSSR count). The summed E-state index contributed by atoms with van der Waals surface area (Å²) in [5, 5.41) is 0. The normalized spacial score (nSPS) is 13.9. The molecule has 2 atom stereocenters. The van der Waals surface area contributed by atoms with Gasteiger partial charge in [0.1, 0.15) is 0 Å². The van der Waals surface area contributed by atoms with Crippen LogP contribution in [-0.4, -0.2) is 48.7 Å². The minimum atomic E-state index is 0.204. The second-order valence-corrected chi connectivity index (χ2v) is 20.5. The van der Waals surface area contributed by atoms with Crippen LogP contribution in [-0.2, 0) is 18.3 Å². The molecule has 0 saturated heterocycles. The van der Waals surface area contributed by atoms with E-state index in [0.717, 1.165) is 7.35 Å². The van der Waals surface area contributed by atoms with Crippen molar-refractivity contribution in [3.8, 4) is 33.4 Å². The SMILES string of the molecule is [In][CH](CCCCCCCc1ccc(-c2ccccc2)cc1)C1([CH]([In])CCCCCCCc2ccc(-c3ccccc3)cc2)c2ccccc2-c2ccccc21. The molecule has 0 aliphatic heterocycles. The number of hydrogen-bond donors (Lipinski definition) is 0. The Morgan fingerprint density at radius 3 is 1.07 bits per heavy atom. The molecule has 6 aromatic rings. The average Bonchev–Trinajstić information content (AvgIpc) is 3.55. The van der Waals surface area contributed by atoms with Crippen LogP contribution in [0.5, 0.6) is 0 Å². The van der Waals surface area contributed by atoms with Gasteiger partial charge in [0.15, 0.2) is 0 Å². The van der Waals surface area contributed by atoms with Gasteiger partial charge in [-0.1, -0.05) is 60.7 Å². The monoisotopic (exact) mass is 922 g/mol. The minimum absolute atomic E-state index is 0.204. The number of hydrogen-bond acceptors (Lipinski definition) is 0. The van der Waals surface area contributed by atoms with Crippen LogP contribution in [0.25, 0.3) is 33.4 Å². The van der Waals surface area contributed by atoms with E-state index in [0.29, 0.717) is 0 Å². The van der Waals surface area contributed by atoms with Crippen LogP contribution >= 0.6 is 0 Å². The summed E-state index contributed by atoms with van der Waals surface area (Å²) in [6.07, 6.45) is 18.6. The van der Waals surface area contributed by atoms with Gasteiger partial charge in [0, 0.05) is 0 Å². The van der Waals surface area contributed by atoms with Gasteiger partial charge >= 0.3 is 293 Å². The molecule has 274 valence electrons. The van der Waals surface area contributed by atoms with Crippen molar-refractivity contribution in [2.45, 2.75) is 103 Å². The van der Waals surface area contributed by atoms with E-state index in [9.17, 15) is 0 Å². The first-order valence-corrected chi connectivity index (χ1v) is 24.9. The molecular weight excluding hydrogens is 866 g/mol. The van der Waals surface area contributed by atoms with Gasteiger partial charge < -0.3 is 0 Å². The van der Waals surface area contributed by atoms with Crippen molar-refractivity contribution in [2.24, 2.45) is 0 Å². The van der Waals surface area contributed by atoms with Gasteiger partial charge in [-0.15, -0.1) is 0 Å². The number of benzene rings is 6. The fourth-order valence-electron chi connectivity index (χ4n) is 9.27. The summed E-state index contributed by atoms with van der Waals surface area (Å²) in [7, 11) is 0. The third-order valence-electron chi connectivity index (χ3n) is 12.3. The number of rotatable bonds is 20. The Hall–Kier alpha value is -2.94. The predicted molar refractivity (Wildman–Crippen MR) is 238 cm³/mol. The molecule has 0 N–H and O–H groups in total. The molecule has 0 bridgehead atoms. The summed E-state index contributed by atoms with van der Waals surface area (Å²) >= 11 is 2.66. The van der Waals surface area contributed by atoms with Gasteiger partial charge in [-0.05, 0) is 11.1 Å². The van der Waals surface area contributed by atoms with Gasteiger partial charge in [-0.25, -0.2) is 0 Å². The van der Waals surface area contributed by atoms with Gasteiger partial charge in [0.2, 0.25) is 0 Å². The molecule has 0 nitrogen and oxygen atoms in total. The molecular formula is C53H56In2. The molecule has 4 radical (unpaired) electrons. The molecule has 0 heterocycles. The molecule has 0 saturated carbocycles. The standard InChI is InChI=1S/C53H56.2In/c1(5-11-23-43-33-37-47(38-34-43)45-25-13-9-14-26-45)3-7-21-41-53(51-31-19-17-29-49(51)50-30-18-20-32-52(50)53)42-22-8-4-2-6-12-24-44-35-39-48(40-36-44)46-27-15-10-16-28-46;;/h9-10,13-20,25-42H,1-8,11-12,21-24H2;;. The summed E-state index contributed by atoms with van der Waals surface area (Å²) in [5.74, 6) is 0. The zero-order valence-electron chi connectivity index (χ0n) is 32.7. The zero-order valence-corrected chi connectivity index (χ0v) is 39.3. The van der Waals surface area contributed by atoms with E-state index in [4.69, 9.17) is 0 Å². The number of aryl methyl sites for hydroxylation is 2.